The summed E-state index contributed by atoms with van der Waals surface area (Å²) in [6.07, 6.45) is 6.43. The van der Waals surface area contributed by atoms with Crippen LogP contribution >= 0.6 is 0 Å². The Morgan fingerprint density at radius 2 is 2.30 bits per heavy atom. The maximum Gasteiger partial charge on any atom is -0.00172 e. The Kier molecular flexibility index (Phi) is 2.94. The molecule has 0 aromatic carbocycles. The highest BCUT2D eigenvalue weighted by molar-refractivity contribution is 5.09. The van der Waals surface area contributed by atoms with Crippen LogP contribution in [0.5, 0.6) is 0 Å². The molecular formula is C9H17N. The summed E-state index contributed by atoms with van der Waals surface area (Å²) in [6, 6.07) is 0. The molecule has 1 heteroatoms. The lowest BCUT2D eigenvalue weighted by atomic mass is 10.1. The van der Waals surface area contributed by atoms with E-state index in [-0.39, 0.29) is 0 Å². The van der Waals surface area contributed by atoms with Crippen LogP contribution in [0.1, 0.15) is 26.2 Å². The second kappa shape index (κ2) is 3.77. The average molecular weight is 139 g/mol. The fourth-order valence-corrected chi connectivity index (χ4v) is 1.15. The van der Waals surface area contributed by atoms with Crippen LogP contribution in [-0.4, -0.2) is 13.6 Å². The lowest BCUT2D eigenvalue weighted by molar-refractivity contribution is 0.799. The van der Waals surface area contributed by atoms with Gasteiger partial charge in [-0.25, -0.2) is 0 Å². The molecule has 1 rings (SSSR count). The molecule has 1 aliphatic rings. The molecule has 0 atom stereocenters. The minimum Gasteiger partial charge on any atom is -0.319 e. The highest BCUT2D eigenvalue weighted by Crippen LogP contribution is 2.35. The van der Waals surface area contributed by atoms with Crippen LogP contribution in [-0.2, 0) is 0 Å². The van der Waals surface area contributed by atoms with Gasteiger partial charge in [0.1, 0.15) is 0 Å². The minimum atomic E-state index is 0.955. The van der Waals surface area contributed by atoms with Crippen molar-refractivity contribution in [3.63, 3.8) is 0 Å². The highest BCUT2D eigenvalue weighted by atomic mass is 14.8. The zero-order valence-corrected chi connectivity index (χ0v) is 6.98. The van der Waals surface area contributed by atoms with E-state index >= 15 is 0 Å². The van der Waals surface area contributed by atoms with Crippen LogP contribution in [0, 0.1) is 5.92 Å². The van der Waals surface area contributed by atoms with Crippen molar-refractivity contribution in [3.8, 4) is 0 Å². The standard InChI is InChI=1S/C9H17N/c1-8(9-5-6-9)4-3-7-10-2/h4,9-10H,3,5-7H2,1-2H3/b8-4+. The van der Waals surface area contributed by atoms with Crippen molar-refractivity contribution >= 4 is 0 Å². The van der Waals surface area contributed by atoms with Crippen molar-refractivity contribution in [2.24, 2.45) is 5.92 Å². The summed E-state index contributed by atoms with van der Waals surface area (Å²) in [5, 5.41) is 3.14. The number of nitrogens with one attached hydrogen (secondary N) is 1. The largest absolute Gasteiger partial charge is 0.319 e. The maximum atomic E-state index is 3.14. The predicted molar refractivity (Wildman–Crippen MR) is 45.0 cm³/mol. The molecule has 0 aliphatic heterocycles. The third-order valence-corrected chi connectivity index (χ3v) is 2.08. The molecule has 1 N–H and O–H groups in total. The second-order valence-electron chi connectivity index (χ2n) is 3.11. The van der Waals surface area contributed by atoms with Gasteiger partial charge in [-0.1, -0.05) is 11.6 Å². The normalized spacial score (nSPS) is 19.6. The quantitative estimate of drug-likeness (QED) is 0.463. The Balaban J connectivity index is 2.11. The van der Waals surface area contributed by atoms with Crippen LogP contribution in [0.3, 0.4) is 0 Å². The number of allylic oxidation sites excluding steroid dienone is 1. The topological polar surface area (TPSA) is 12.0 Å². The maximum absolute atomic E-state index is 3.14. The molecule has 1 nitrogen and oxygen atoms in total. The SMILES string of the molecule is CNCC/C=C(\C)C1CC1. The first-order chi connectivity index (χ1) is 4.84. The van der Waals surface area contributed by atoms with Gasteiger partial charge in [0.2, 0.25) is 0 Å². The fraction of sp³-hybridized carbons (Fsp3) is 0.778. The van der Waals surface area contributed by atoms with Crippen LogP contribution < -0.4 is 5.32 Å². The van der Waals surface area contributed by atoms with Crippen molar-refractivity contribution in [1.29, 1.82) is 0 Å². The molecule has 1 aliphatic carbocycles. The van der Waals surface area contributed by atoms with Crippen LogP contribution in [0.25, 0.3) is 0 Å². The van der Waals surface area contributed by atoms with E-state index in [1.54, 1.807) is 5.57 Å². The smallest absolute Gasteiger partial charge is 0.00172 e. The molecule has 0 aromatic heterocycles. The molecule has 1 saturated carbocycles. The summed E-state index contributed by atoms with van der Waals surface area (Å²) < 4.78 is 0. The lowest BCUT2D eigenvalue weighted by Crippen LogP contribution is -2.06. The van der Waals surface area contributed by atoms with E-state index in [2.05, 4.69) is 18.3 Å². The summed E-state index contributed by atoms with van der Waals surface area (Å²) in [5.41, 5.74) is 1.61. The van der Waals surface area contributed by atoms with Gasteiger partial charge < -0.3 is 5.32 Å². The third-order valence-electron chi connectivity index (χ3n) is 2.08. The van der Waals surface area contributed by atoms with Gasteiger partial charge in [0.15, 0.2) is 0 Å². The molecule has 0 aromatic rings. The molecule has 58 valence electrons. The first-order valence-corrected chi connectivity index (χ1v) is 4.16. The highest BCUT2D eigenvalue weighted by Gasteiger charge is 2.22. The van der Waals surface area contributed by atoms with Gasteiger partial charge in [-0.2, -0.15) is 0 Å². The molecular weight excluding hydrogens is 122 g/mol. The summed E-state index contributed by atoms with van der Waals surface area (Å²) >= 11 is 0. The molecule has 0 saturated heterocycles. The van der Waals surface area contributed by atoms with Gasteiger partial charge in [0.05, 0.1) is 0 Å². The molecule has 0 spiro atoms. The van der Waals surface area contributed by atoms with E-state index in [1.165, 1.54) is 19.3 Å². The molecule has 0 unspecified atom stereocenters. The van der Waals surface area contributed by atoms with Gasteiger partial charge in [-0.05, 0) is 45.7 Å². The van der Waals surface area contributed by atoms with E-state index in [0.717, 1.165) is 12.5 Å². The van der Waals surface area contributed by atoms with E-state index < -0.39 is 0 Å². The van der Waals surface area contributed by atoms with Gasteiger partial charge >= 0.3 is 0 Å². The average Bonchev–Trinajstić information content (AvgIpc) is 2.69. The lowest BCUT2D eigenvalue weighted by Gasteiger charge is -1.96. The number of rotatable bonds is 4. The summed E-state index contributed by atoms with van der Waals surface area (Å²) in [4.78, 5) is 0. The Morgan fingerprint density at radius 1 is 1.60 bits per heavy atom. The van der Waals surface area contributed by atoms with Crippen molar-refractivity contribution < 1.29 is 0 Å². The van der Waals surface area contributed by atoms with Gasteiger partial charge in [0.25, 0.3) is 0 Å². The zero-order chi connectivity index (χ0) is 7.40. The Hall–Kier alpha value is -0.300. The number of hydrogen-bond donors (Lipinski definition) is 1. The Morgan fingerprint density at radius 3 is 2.80 bits per heavy atom. The molecule has 0 heterocycles. The van der Waals surface area contributed by atoms with Crippen LogP contribution in [0.2, 0.25) is 0 Å². The minimum absolute atomic E-state index is 0.955. The first kappa shape index (κ1) is 7.80. The van der Waals surface area contributed by atoms with Gasteiger partial charge in [0, 0.05) is 0 Å². The van der Waals surface area contributed by atoms with E-state index in [1.807, 2.05) is 7.05 Å². The molecule has 1 fully saturated rings. The van der Waals surface area contributed by atoms with Gasteiger partial charge in [-0.15, -0.1) is 0 Å². The van der Waals surface area contributed by atoms with Crippen LogP contribution in [0.4, 0.5) is 0 Å². The Bertz CT molecular complexity index is 123. The first-order valence-electron chi connectivity index (χ1n) is 4.16. The van der Waals surface area contributed by atoms with Crippen LogP contribution in [0.15, 0.2) is 11.6 Å². The van der Waals surface area contributed by atoms with E-state index in [4.69, 9.17) is 0 Å². The summed E-state index contributed by atoms with van der Waals surface area (Å²) in [6.45, 7) is 3.37. The second-order valence-corrected chi connectivity index (χ2v) is 3.11. The van der Waals surface area contributed by atoms with Crippen molar-refractivity contribution in [2.45, 2.75) is 26.2 Å². The predicted octanol–water partition coefficient (Wildman–Crippen LogP) is 1.95. The fourth-order valence-electron chi connectivity index (χ4n) is 1.15. The molecule has 0 amide bonds. The zero-order valence-electron chi connectivity index (χ0n) is 6.98. The third kappa shape index (κ3) is 2.53. The summed E-state index contributed by atoms with van der Waals surface area (Å²) in [5.74, 6) is 0.955. The molecule has 10 heavy (non-hydrogen) atoms. The van der Waals surface area contributed by atoms with Crippen molar-refractivity contribution in [3.05, 3.63) is 11.6 Å². The summed E-state index contributed by atoms with van der Waals surface area (Å²) in [7, 11) is 2.00. The Labute approximate surface area is 63.5 Å². The van der Waals surface area contributed by atoms with Gasteiger partial charge in [-0.3, -0.25) is 0 Å². The van der Waals surface area contributed by atoms with Crippen molar-refractivity contribution in [1.82, 2.24) is 5.32 Å². The number of hydrogen-bond acceptors (Lipinski definition) is 1. The van der Waals surface area contributed by atoms with E-state index in [0.29, 0.717) is 0 Å². The molecule has 0 radical (unpaired) electrons. The molecule has 0 bridgehead atoms. The van der Waals surface area contributed by atoms with Crippen molar-refractivity contribution in [2.75, 3.05) is 13.6 Å². The monoisotopic (exact) mass is 139 g/mol. The van der Waals surface area contributed by atoms with E-state index in [9.17, 15) is 0 Å².